The Labute approximate surface area is 152 Å². The molecule has 0 radical (unpaired) electrons. The summed E-state index contributed by atoms with van der Waals surface area (Å²) >= 11 is 1.68. The van der Waals surface area contributed by atoms with Crippen LogP contribution in [0.5, 0.6) is 0 Å². The van der Waals surface area contributed by atoms with Gasteiger partial charge in [0.05, 0.1) is 0 Å². The number of amides is 1. The van der Waals surface area contributed by atoms with E-state index in [2.05, 4.69) is 5.32 Å². The predicted octanol–water partition coefficient (Wildman–Crippen LogP) is 4.29. The number of rotatable bonds is 6. The van der Waals surface area contributed by atoms with Crippen LogP contribution in [0.3, 0.4) is 0 Å². The number of fused-ring (bicyclic) bond motifs is 1. The smallest absolute Gasteiger partial charge is 0.287 e. The van der Waals surface area contributed by atoms with Crippen LogP contribution in [0.15, 0.2) is 52.9 Å². The molecule has 0 aliphatic heterocycles. The first-order chi connectivity index (χ1) is 12.1. The lowest BCUT2D eigenvalue weighted by atomic mass is 10.1. The Hall–Kier alpha value is -2.40. The van der Waals surface area contributed by atoms with Gasteiger partial charge in [0, 0.05) is 43.0 Å². The maximum Gasteiger partial charge on any atom is 0.287 e. The maximum atomic E-state index is 12.6. The summed E-state index contributed by atoms with van der Waals surface area (Å²) in [5, 5.41) is 3.98. The minimum atomic E-state index is -0.170. The van der Waals surface area contributed by atoms with Crippen LogP contribution in [0.1, 0.15) is 21.7 Å². The Balaban J connectivity index is 1.77. The average Bonchev–Trinajstić information content (AvgIpc) is 2.99. The number of hydrogen-bond donors (Lipinski definition) is 1. The first kappa shape index (κ1) is 17.4. The largest absolute Gasteiger partial charge is 0.451 e. The normalized spacial score (nSPS) is 10.8. The number of hydrogen-bond acceptors (Lipinski definition) is 4. The molecule has 0 saturated carbocycles. The fourth-order valence-corrected chi connectivity index (χ4v) is 3.32. The second-order valence-electron chi connectivity index (χ2n) is 6.08. The lowest BCUT2D eigenvalue weighted by Gasteiger charge is -2.12. The first-order valence-electron chi connectivity index (χ1n) is 8.14. The molecule has 3 rings (SSSR count). The zero-order valence-electron chi connectivity index (χ0n) is 14.7. The monoisotopic (exact) mass is 354 g/mol. The van der Waals surface area contributed by atoms with E-state index in [1.54, 1.807) is 11.8 Å². The molecule has 0 saturated heterocycles. The summed E-state index contributed by atoms with van der Waals surface area (Å²) in [6.07, 6.45) is 2.02. The van der Waals surface area contributed by atoms with Crippen molar-refractivity contribution in [2.24, 2.45) is 0 Å². The van der Waals surface area contributed by atoms with E-state index in [1.807, 2.05) is 73.8 Å². The second kappa shape index (κ2) is 7.66. The van der Waals surface area contributed by atoms with Crippen LogP contribution in [0, 0.1) is 0 Å². The third-order valence-electron chi connectivity index (χ3n) is 4.10. The Morgan fingerprint density at radius 1 is 1.12 bits per heavy atom. The van der Waals surface area contributed by atoms with Gasteiger partial charge in [-0.2, -0.15) is 11.8 Å². The highest BCUT2D eigenvalue weighted by Crippen LogP contribution is 2.28. The van der Waals surface area contributed by atoms with Gasteiger partial charge in [-0.1, -0.05) is 30.3 Å². The van der Waals surface area contributed by atoms with E-state index in [4.69, 9.17) is 4.42 Å². The van der Waals surface area contributed by atoms with E-state index < -0.39 is 0 Å². The van der Waals surface area contributed by atoms with Crippen molar-refractivity contribution < 1.29 is 9.21 Å². The number of anilines is 1. The van der Waals surface area contributed by atoms with Gasteiger partial charge < -0.3 is 14.6 Å². The highest BCUT2D eigenvalue weighted by atomic mass is 32.2. The topological polar surface area (TPSA) is 45.5 Å². The molecular formula is C20H22N2O2S. The van der Waals surface area contributed by atoms with Gasteiger partial charge in [-0.3, -0.25) is 4.79 Å². The first-order valence-corrected chi connectivity index (χ1v) is 9.53. The number of furan rings is 1. The summed E-state index contributed by atoms with van der Waals surface area (Å²) in [6.45, 7) is 0.474. The number of nitrogens with one attached hydrogen (secondary N) is 1. The molecule has 1 aromatic heterocycles. The quantitative estimate of drug-likeness (QED) is 0.717. The van der Waals surface area contributed by atoms with Crippen molar-refractivity contribution in [3.8, 4) is 0 Å². The molecule has 4 nitrogen and oxygen atoms in total. The molecule has 0 spiro atoms. The zero-order valence-corrected chi connectivity index (χ0v) is 15.5. The molecule has 3 aromatic rings. The third kappa shape index (κ3) is 3.82. The van der Waals surface area contributed by atoms with Gasteiger partial charge in [0.25, 0.3) is 5.91 Å². The number of thioether (sulfide) groups is 1. The minimum Gasteiger partial charge on any atom is -0.451 e. The average molecular weight is 354 g/mol. The van der Waals surface area contributed by atoms with Gasteiger partial charge in [-0.05, 0) is 30.0 Å². The van der Waals surface area contributed by atoms with Crippen LogP contribution in [0.25, 0.3) is 11.0 Å². The van der Waals surface area contributed by atoms with Crippen molar-refractivity contribution in [1.29, 1.82) is 0 Å². The SMILES string of the molecule is CSCc1c(C(=O)NCc2ccc(N(C)C)cc2)oc2ccccc12. The number of carbonyl (C=O) groups is 1. The van der Waals surface area contributed by atoms with Crippen molar-refractivity contribution in [3.63, 3.8) is 0 Å². The molecule has 5 heteroatoms. The van der Waals surface area contributed by atoms with E-state index in [-0.39, 0.29) is 5.91 Å². The Kier molecular flexibility index (Phi) is 5.34. The minimum absolute atomic E-state index is 0.170. The molecular weight excluding hydrogens is 332 g/mol. The van der Waals surface area contributed by atoms with Gasteiger partial charge in [0.2, 0.25) is 0 Å². The Morgan fingerprint density at radius 2 is 1.84 bits per heavy atom. The number of nitrogens with zero attached hydrogens (tertiary/aromatic N) is 1. The highest BCUT2D eigenvalue weighted by molar-refractivity contribution is 7.97. The standard InChI is InChI=1S/C20H22N2O2S/c1-22(2)15-10-8-14(9-11-15)12-21-20(23)19-17(13-25-3)16-6-4-5-7-18(16)24-19/h4-11H,12-13H2,1-3H3,(H,21,23). The maximum absolute atomic E-state index is 12.6. The summed E-state index contributed by atoms with van der Waals surface area (Å²) < 4.78 is 5.82. The molecule has 0 aliphatic carbocycles. The predicted molar refractivity (Wildman–Crippen MR) is 105 cm³/mol. The molecule has 2 aromatic carbocycles. The summed E-state index contributed by atoms with van der Waals surface area (Å²) in [5.74, 6) is 0.995. The van der Waals surface area contributed by atoms with Crippen LogP contribution in [0.2, 0.25) is 0 Å². The van der Waals surface area contributed by atoms with Crippen LogP contribution >= 0.6 is 11.8 Å². The molecule has 0 atom stereocenters. The molecule has 1 heterocycles. The van der Waals surface area contributed by atoms with Gasteiger partial charge in [-0.25, -0.2) is 0 Å². The van der Waals surface area contributed by atoms with Crippen LogP contribution in [-0.2, 0) is 12.3 Å². The molecule has 0 bridgehead atoms. The summed E-state index contributed by atoms with van der Waals surface area (Å²) in [4.78, 5) is 14.7. The fourth-order valence-electron chi connectivity index (χ4n) is 2.74. The van der Waals surface area contributed by atoms with Gasteiger partial charge in [-0.15, -0.1) is 0 Å². The lowest BCUT2D eigenvalue weighted by molar-refractivity contribution is 0.0924. The van der Waals surface area contributed by atoms with Crippen LogP contribution in [0.4, 0.5) is 5.69 Å². The summed E-state index contributed by atoms with van der Waals surface area (Å²) in [5.41, 5.74) is 3.91. The van der Waals surface area contributed by atoms with Gasteiger partial charge in [0.1, 0.15) is 5.58 Å². The van der Waals surface area contributed by atoms with Gasteiger partial charge in [0.15, 0.2) is 5.76 Å². The van der Waals surface area contributed by atoms with E-state index in [0.717, 1.165) is 33.5 Å². The summed E-state index contributed by atoms with van der Waals surface area (Å²) in [7, 11) is 4.01. The zero-order chi connectivity index (χ0) is 17.8. The lowest BCUT2D eigenvalue weighted by Crippen LogP contribution is -2.23. The molecule has 1 amide bonds. The number of para-hydroxylation sites is 1. The van der Waals surface area contributed by atoms with E-state index >= 15 is 0 Å². The van der Waals surface area contributed by atoms with Gasteiger partial charge >= 0.3 is 0 Å². The van der Waals surface area contributed by atoms with Crippen molar-refractivity contribution >= 4 is 34.3 Å². The highest BCUT2D eigenvalue weighted by Gasteiger charge is 2.19. The third-order valence-corrected chi connectivity index (χ3v) is 4.68. The number of benzene rings is 2. The molecule has 25 heavy (non-hydrogen) atoms. The van der Waals surface area contributed by atoms with Crippen molar-refractivity contribution in [3.05, 3.63) is 65.4 Å². The molecule has 0 unspecified atom stereocenters. The van der Waals surface area contributed by atoms with Crippen molar-refractivity contribution in [2.45, 2.75) is 12.3 Å². The number of carbonyl (C=O) groups excluding carboxylic acids is 1. The summed E-state index contributed by atoms with van der Waals surface area (Å²) in [6, 6.07) is 15.9. The fraction of sp³-hybridized carbons (Fsp3) is 0.250. The van der Waals surface area contributed by atoms with E-state index in [9.17, 15) is 4.79 Å². The van der Waals surface area contributed by atoms with Crippen molar-refractivity contribution in [2.75, 3.05) is 25.3 Å². The Morgan fingerprint density at radius 3 is 2.52 bits per heavy atom. The molecule has 1 N–H and O–H groups in total. The molecule has 0 aliphatic rings. The van der Waals surface area contributed by atoms with E-state index in [1.165, 1.54) is 0 Å². The van der Waals surface area contributed by atoms with Crippen LogP contribution < -0.4 is 10.2 Å². The molecule has 130 valence electrons. The molecule has 0 fully saturated rings. The van der Waals surface area contributed by atoms with Crippen molar-refractivity contribution in [1.82, 2.24) is 5.32 Å². The van der Waals surface area contributed by atoms with E-state index in [0.29, 0.717) is 12.3 Å². The van der Waals surface area contributed by atoms with Crippen LogP contribution in [-0.4, -0.2) is 26.3 Å². The Bertz CT molecular complexity index is 869. The second-order valence-corrected chi connectivity index (χ2v) is 6.95.